The highest BCUT2D eigenvalue weighted by Crippen LogP contribution is 2.35. The summed E-state index contributed by atoms with van der Waals surface area (Å²) < 4.78 is 1.33. The van der Waals surface area contributed by atoms with Crippen LogP contribution in [0, 0.1) is 0 Å². The molecule has 1 aromatic carbocycles. The molecular weight excluding hydrogens is 372 g/mol. The summed E-state index contributed by atoms with van der Waals surface area (Å²) in [4.78, 5) is 15.4. The first-order chi connectivity index (χ1) is 7.97. The summed E-state index contributed by atoms with van der Waals surface area (Å²) in [5, 5.41) is 10.1. The van der Waals surface area contributed by atoms with E-state index < -0.39 is 0 Å². The quantitative estimate of drug-likeness (QED) is 0.738. The van der Waals surface area contributed by atoms with Crippen molar-refractivity contribution in [1.82, 2.24) is 0 Å². The molecule has 1 aliphatic heterocycles. The van der Waals surface area contributed by atoms with Crippen molar-refractivity contribution >= 4 is 60.8 Å². The predicted octanol–water partition coefficient (Wildman–Crippen LogP) is 2.85. The molecule has 0 aliphatic carbocycles. The van der Waals surface area contributed by atoms with Gasteiger partial charge < -0.3 is 10.8 Å². The van der Waals surface area contributed by atoms with Gasteiger partial charge in [-0.2, -0.15) is 4.99 Å². The molecule has 1 aliphatic rings. The Kier molecular flexibility index (Phi) is 3.60. The number of phenols is 1. The third kappa shape index (κ3) is 2.72. The average Bonchev–Trinajstić information content (AvgIpc) is 2.53. The van der Waals surface area contributed by atoms with Crippen molar-refractivity contribution in [3.8, 4) is 5.75 Å². The fourth-order valence-corrected chi connectivity index (χ4v) is 3.19. The van der Waals surface area contributed by atoms with Crippen LogP contribution in [-0.2, 0) is 4.79 Å². The molecule has 1 amide bonds. The van der Waals surface area contributed by atoms with Gasteiger partial charge >= 0.3 is 0 Å². The first kappa shape index (κ1) is 12.7. The third-order valence-electron chi connectivity index (χ3n) is 1.98. The molecule has 2 rings (SSSR count). The van der Waals surface area contributed by atoms with Gasteiger partial charge in [-0.05, 0) is 45.9 Å². The summed E-state index contributed by atoms with van der Waals surface area (Å²) in [7, 11) is 0. The second-order valence-corrected chi connectivity index (χ2v) is 6.02. The topological polar surface area (TPSA) is 75.7 Å². The van der Waals surface area contributed by atoms with E-state index in [0.29, 0.717) is 14.9 Å². The van der Waals surface area contributed by atoms with Gasteiger partial charge in [-0.15, -0.1) is 0 Å². The van der Waals surface area contributed by atoms with Crippen molar-refractivity contribution in [3.63, 3.8) is 0 Å². The van der Waals surface area contributed by atoms with Gasteiger partial charge in [-0.25, -0.2) is 0 Å². The van der Waals surface area contributed by atoms with Crippen LogP contribution in [-0.4, -0.2) is 16.2 Å². The maximum Gasteiger partial charge on any atom is 0.286 e. The van der Waals surface area contributed by atoms with Crippen molar-refractivity contribution in [2.75, 3.05) is 0 Å². The van der Waals surface area contributed by atoms with E-state index in [1.807, 2.05) is 0 Å². The average molecular weight is 378 g/mol. The van der Waals surface area contributed by atoms with E-state index >= 15 is 0 Å². The molecule has 3 N–H and O–H groups in total. The van der Waals surface area contributed by atoms with Crippen LogP contribution in [0.15, 0.2) is 31.0 Å². The van der Waals surface area contributed by atoms with Gasteiger partial charge in [0, 0.05) is 10.0 Å². The molecule has 4 nitrogen and oxygen atoms in total. The fourth-order valence-electron chi connectivity index (χ4n) is 1.26. The number of phenolic OH excluding ortho intramolecular Hbond substituents is 1. The Labute approximate surface area is 118 Å². The highest BCUT2D eigenvalue weighted by molar-refractivity contribution is 9.11. The molecule has 0 saturated carbocycles. The zero-order valence-electron chi connectivity index (χ0n) is 8.28. The molecule has 17 heavy (non-hydrogen) atoms. The Morgan fingerprint density at radius 1 is 1.41 bits per heavy atom. The standard InChI is InChI=1S/C10H6Br2N2O2S/c11-5-1-4(8(15)6(12)3-5)2-7-9(16)14-10(13)17-7/h1-3,15H,(H2,13,14,16)/b7-2-. The Balaban J connectivity index is 2.44. The fraction of sp³-hybridized carbons (Fsp3) is 0. The minimum atomic E-state index is -0.386. The van der Waals surface area contributed by atoms with Gasteiger partial charge in [0.1, 0.15) is 5.75 Å². The Morgan fingerprint density at radius 3 is 2.71 bits per heavy atom. The zero-order chi connectivity index (χ0) is 12.6. The van der Waals surface area contributed by atoms with Crippen molar-refractivity contribution in [2.24, 2.45) is 10.7 Å². The van der Waals surface area contributed by atoms with E-state index in [0.717, 1.165) is 16.2 Å². The number of amidine groups is 1. The minimum Gasteiger partial charge on any atom is -0.506 e. The molecule has 0 radical (unpaired) electrons. The summed E-state index contributed by atoms with van der Waals surface area (Å²) in [6.07, 6.45) is 1.56. The lowest BCUT2D eigenvalue weighted by Gasteiger charge is -2.03. The molecule has 88 valence electrons. The van der Waals surface area contributed by atoms with Gasteiger partial charge in [0.05, 0.1) is 9.38 Å². The SMILES string of the molecule is NC1=NC(=O)/C(=C/c2cc(Br)cc(Br)c2O)S1. The number of hydrogen-bond acceptors (Lipinski definition) is 4. The highest BCUT2D eigenvalue weighted by atomic mass is 79.9. The van der Waals surface area contributed by atoms with Crippen LogP contribution in [0.3, 0.4) is 0 Å². The normalized spacial score (nSPS) is 17.6. The lowest BCUT2D eigenvalue weighted by Crippen LogP contribution is -2.01. The molecule has 0 aromatic heterocycles. The van der Waals surface area contributed by atoms with Crippen LogP contribution in [0.5, 0.6) is 5.75 Å². The molecular formula is C10H6Br2N2O2S. The summed E-state index contributed by atoms with van der Waals surface area (Å²) >= 11 is 7.61. The summed E-state index contributed by atoms with van der Waals surface area (Å²) in [6.45, 7) is 0. The number of carbonyl (C=O) groups excluding carboxylic acids is 1. The van der Waals surface area contributed by atoms with Crippen LogP contribution in [0.25, 0.3) is 6.08 Å². The number of amides is 1. The van der Waals surface area contributed by atoms with E-state index in [4.69, 9.17) is 5.73 Å². The Bertz CT molecular complexity index is 570. The van der Waals surface area contributed by atoms with Gasteiger partial charge in [0.2, 0.25) is 0 Å². The smallest absolute Gasteiger partial charge is 0.286 e. The van der Waals surface area contributed by atoms with E-state index in [2.05, 4.69) is 36.9 Å². The lowest BCUT2D eigenvalue weighted by molar-refractivity contribution is -0.113. The number of rotatable bonds is 1. The molecule has 0 fully saturated rings. The van der Waals surface area contributed by atoms with Crippen LogP contribution in [0.1, 0.15) is 5.56 Å². The molecule has 7 heteroatoms. The number of aromatic hydroxyl groups is 1. The number of benzene rings is 1. The number of hydrogen-bond donors (Lipinski definition) is 2. The molecule has 0 spiro atoms. The minimum absolute atomic E-state index is 0.0690. The zero-order valence-corrected chi connectivity index (χ0v) is 12.3. The van der Waals surface area contributed by atoms with Crippen molar-refractivity contribution in [1.29, 1.82) is 0 Å². The van der Waals surface area contributed by atoms with Gasteiger partial charge in [-0.3, -0.25) is 4.79 Å². The van der Waals surface area contributed by atoms with Crippen molar-refractivity contribution in [2.45, 2.75) is 0 Å². The van der Waals surface area contributed by atoms with Crippen LogP contribution >= 0.6 is 43.6 Å². The number of halogens is 2. The maximum absolute atomic E-state index is 11.4. The third-order valence-corrected chi connectivity index (χ3v) is 3.86. The van der Waals surface area contributed by atoms with Crippen molar-refractivity contribution in [3.05, 3.63) is 31.5 Å². The molecule has 0 bridgehead atoms. The second-order valence-electron chi connectivity index (χ2n) is 3.19. The number of carbonyl (C=O) groups is 1. The van der Waals surface area contributed by atoms with Crippen LogP contribution < -0.4 is 5.73 Å². The number of nitrogens with zero attached hydrogens (tertiary/aromatic N) is 1. The lowest BCUT2D eigenvalue weighted by atomic mass is 10.2. The van der Waals surface area contributed by atoms with Gasteiger partial charge in [-0.1, -0.05) is 15.9 Å². The molecule has 0 atom stereocenters. The summed E-state index contributed by atoms with van der Waals surface area (Å²) in [5.74, 6) is -0.317. The molecule has 1 heterocycles. The molecule has 0 unspecified atom stereocenters. The Morgan fingerprint density at radius 2 is 2.12 bits per heavy atom. The number of thioether (sulfide) groups is 1. The first-order valence-electron chi connectivity index (χ1n) is 4.43. The number of nitrogens with two attached hydrogens (primary N) is 1. The highest BCUT2D eigenvalue weighted by Gasteiger charge is 2.20. The Hall–Kier alpha value is -0.790. The molecule has 1 aromatic rings. The van der Waals surface area contributed by atoms with E-state index in [9.17, 15) is 9.90 Å². The van der Waals surface area contributed by atoms with Crippen LogP contribution in [0.4, 0.5) is 0 Å². The van der Waals surface area contributed by atoms with Crippen molar-refractivity contribution < 1.29 is 9.90 Å². The van der Waals surface area contributed by atoms with Gasteiger partial charge in [0.15, 0.2) is 5.17 Å². The van der Waals surface area contributed by atoms with E-state index in [1.165, 1.54) is 0 Å². The largest absolute Gasteiger partial charge is 0.506 e. The molecule has 0 saturated heterocycles. The number of aliphatic imine (C=N–C) groups is 1. The van der Waals surface area contributed by atoms with Gasteiger partial charge in [0.25, 0.3) is 5.91 Å². The monoisotopic (exact) mass is 376 g/mol. The summed E-state index contributed by atoms with van der Waals surface area (Å²) in [5.41, 5.74) is 5.96. The van der Waals surface area contributed by atoms with Crippen LogP contribution in [0.2, 0.25) is 0 Å². The van der Waals surface area contributed by atoms with E-state index in [-0.39, 0.29) is 16.8 Å². The first-order valence-corrected chi connectivity index (χ1v) is 6.83. The summed E-state index contributed by atoms with van der Waals surface area (Å²) in [6, 6.07) is 3.42. The van der Waals surface area contributed by atoms with E-state index in [1.54, 1.807) is 18.2 Å². The second kappa shape index (κ2) is 4.83. The maximum atomic E-state index is 11.4. The predicted molar refractivity (Wildman–Crippen MR) is 75.7 cm³/mol.